The van der Waals surface area contributed by atoms with Crippen LogP contribution in [0.4, 0.5) is 4.79 Å². The molecule has 25 heavy (non-hydrogen) atoms. The number of hydrogen-bond acceptors (Lipinski definition) is 5. The molecule has 0 fully saturated rings. The molecule has 1 N–H and O–H groups in total. The van der Waals surface area contributed by atoms with Crippen molar-refractivity contribution in [3.05, 3.63) is 41.8 Å². The molecule has 2 amide bonds. The Kier molecular flexibility index (Phi) is 4.69. The molecule has 1 aromatic carbocycles. The first-order chi connectivity index (χ1) is 12.0. The third-order valence-corrected chi connectivity index (χ3v) is 4.12. The second-order valence-electron chi connectivity index (χ2n) is 6.01. The molecule has 2 heterocycles. The van der Waals surface area contributed by atoms with E-state index in [1.807, 2.05) is 49.7 Å². The molecule has 8 nitrogen and oxygen atoms in total. The van der Waals surface area contributed by atoms with E-state index in [2.05, 4.69) is 20.4 Å². The first-order valence-corrected chi connectivity index (χ1v) is 8.24. The molecule has 3 aromatic rings. The number of rotatable bonds is 5. The average molecular weight is 342 g/mol. The summed E-state index contributed by atoms with van der Waals surface area (Å²) in [6, 6.07) is 7.31. The summed E-state index contributed by atoms with van der Waals surface area (Å²) in [5.41, 5.74) is 1.96. The lowest BCUT2D eigenvalue weighted by Gasteiger charge is -2.19. The van der Waals surface area contributed by atoms with Gasteiger partial charge in [-0.2, -0.15) is 4.98 Å². The number of aromatic nitrogens is 4. The van der Waals surface area contributed by atoms with Crippen LogP contribution in [-0.2, 0) is 20.0 Å². The summed E-state index contributed by atoms with van der Waals surface area (Å²) in [5.74, 6) is 1.85. The molecule has 0 radical (unpaired) electrons. The molecule has 0 saturated heterocycles. The summed E-state index contributed by atoms with van der Waals surface area (Å²) < 4.78 is 7.16. The average Bonchev–Trinajstić information content (AvgIpc) is 3.20. The fourth-order valence-electron chi connectivity index (χ4n) is 2.56. The predicted octanol–water partition coefficient (Wildman–Crippen LogP) is 2.42. The van der Waals surface area contributed by atoms with Crippen molar-refractivity contribution in [3.8, 4) is 0 Å². The number of imidazole rings is 1. The van der Waals surface area contributed by atoms with Crippen molar-refractivity contribution in [1.29, 1.82) is 0 Å². The van der Waals surface area contributed by atoms with Gasteiger partial charge in [0.05, 0.1) is 17.6 Å². The number of nitrogens with zero attached hydrogens (tertiary/aromatic N) is 5. The van der Waals surface area contributed by atoms with Crippen LogP contribution in [0.3, 0.4) is 0 Å². The largest absolute Gasteiger partial charge is 0.337 e. The normalized spacial score (nSPS) is 12.3. The number of carbonyl (C=O) groups is 1. The fourth-order valence-corrected chi connectivity index (χ4v) is 2.56. The molecule has 0 aliphatic rings. The standard InChI is InChI=1S/C17H22N6O2/c1-5-14-20-16(25-21-14)11(2)18-17(24)22(3)10-15-19-12-8-6-7-9-13(12)23(15)4/h6-9,11H,5,10H2,1-4H3,(H,18,24)/t11-/m1/s1. The van der Waals surface area contributed by atoms with Gasteiger partial charge in [-0.1, -0.05) is 24.2 Å². The molecule has 0 saturated carbocycles. The Balaban J connectivity index is 1.66. The van der Waals surface area contributed by atoms with Crippen LogP contribution < -0.4 is 5.32 Å². The van der Waals surface area contributed by atoms with E-state index in [1.54, 1.807) is 11.9 Å². The highest BCUT2D eigenvalue weighted by Gasteiger charge is 2.19. The summed E-state index contributed by atoms with van der Waals surface area (Å²) in [7, 11) is 3.68. The monoisotopic (exact) mass is 342 g/mol. The van der Waals surface area contributed by atoms with Crippen LogP contribution in [0, 0.1) is 0 Å². The van der Waals surface area contributed by atoms with E-state index < -0.39 is 0 Å². The second kappa shape index (κ2) is 6.92. The van der Waals surface area contributed by atoms with Crippen LogP contribution >= 0.6 is 0 Å². The number of para-hydroxylation sites is 2. The van der Waals surface area contributed by atoms with Crippen LogP contribution in [0.15, 0.2) is 28.8 Å². The maximum Gasteiger partial charge on any atom is 0.318 e. The highest BCUT2D eigenvalue weighted by molar-refractivity contribution is 5.76. The van der Waals surface area contributed by atoms with Crippen molar-refractivity contribution >= 4 is 17.1 Å². The van der Waals surface area contributed by atoms with Crippen LogP contribution in [0.2, 0.25) is 0 Å². The molecule has 0 spiro atoms. The molecule has 0 unspecified atom stereocenters. The van der Waals surface area contributed by atoms with E-state index in [4.69, 9.17) is 4.52 Å². The summed E-state index contributed by atoms with van der Waals surface area (Å²) in [5, 5.41) is 6.71. The van der Waals surface area contributed by atoms with Crippen LogP contribution in [0.5, 0.6) is 0 Å². The van der Waals surface area contributed by atoms with Gasteiger partial charge in [0.1, 0.15) is 11.9 Å². The molecular formula is C17H22N6O2. The van der Waals surface area contributed by atoms with Gasteiger partial charge in [-0.25, -0.2) is 9.78 Å². The molecule has 0 bridgehead atoms. The van der Waals surface area contributed by atoms with Gasteiger partial charge in [0.15, 0.2) is 5.82 Å². The van der Waals surface area contributed by atoms with E-state index in [-0.39, 0.29) is 12.1 Å². The number of fused-ring (bicyclic) bond motifs is 1. The number of urea groups is 1. The summed E-state index contributed by atoms with van der Waals surface area (Å²) in [6.45, 7) is 4.16. The lowest BCUT2D eigenvalue weighted by molar-refractivity contribution is 0.199. The predicted molar refractivity (Wildman–Crippen MR) is 92.8 cm³/mol. The maximum atomic E-state index is 12.4. The van der Waals surface area contributed by atoms with E-state index in [0.29, 0.717) is 24.7 Å². The van der Waals surface area contributed by atoms with Gasteiger partial charge < -0.3 is 19.3 Å². The first kappa shape index (κ1) is 16.9. The molecule has 1 atom stereocenters. The minimum Gasteiger partial charge on any atom is -0.337 e. The Morgan fingerprint density at radius 1 is 1.36 bits per heavy atom. The van der Waals surface area contributed by atoms with Crippen molar-refractivity contribution in [3.63, 3.8) is 0 Å². The molecule has 8 heteroatoms. The summed E-state index contributed by atoms with van der Waals surface area (Å²) in [6.07, 6.45) is 0.691. The van der Waals surface area contributed by atoms with E-state index in [0.717, 1.165) is 16.9 Å². The highest BCUT2D eigenvalue weighted by atomic mass is 16.5. The lowest BCUT2D eigenvalue weighted by atomic mass is 10.3. The Morgan fingerprint density at radius 2 is 2.12 bits per heavy atom. The molecule has 0 aliphatic carbocycles. The molecule has 3 rings (SSSR count). The topological polar surface area (TPSA) is 89.1 Å². The van der Waals surface area contributed by atoms with Crippen molar-refractivity contribution in [2.75, 3.05) is 7.05 Å². The second-order valence-corrected chi connectivity index (χ2v) is 6.01. The van der Waals surface area contributed by atoms with Gasteiger partial charge in [-0.15, -0.1) is 0 Å². The van der Waals surface area contributed by atoms with Gasteiger partial charge in [-0.3, -0.25) is 0 Å². The van der Waals surface area contributed by atoms with Gasteiger partial charge >= 0.3 is 6.03 Å². The SMILES string of the molecule is CCc1noc([C@@H](C)NC(=O)N(C)Cc2nc3ccccc3n2C)n1. The molecule has 2 aromatic heterocycles. The van der Waals surface area contributed by atoms with Gasteiger partial charge in [0, 0.05) is 20.5 Å². The van der Waals surface area contributed by atoms with Crippen molar-refractivity contribution < 1.29 is 9.32 Å². The number of amides is 2. The smallest absolute Gasteiger partial charge is 0.318 e. The Morgan fingerprint density at radius 3 is 2.80 bits per heavy atom. The zero-order chi connectivity index (χ0) is 18.0. The first-order valence-electron chi connectivity index (χ1n) is 8.24. The minimum atomic E-state index is -0.358. The van der Waals surface area contributed by atoms with Crippen molar-refractivity contribution in [1.82, 2.24) is 29.9 Å². The van der Waals surface area contributed by atoms with Crippen LogP contribution in [0.25, 0.3) is 11.0 Å². The Labute approximate surface area is 145 Å². The number of benzene rings is 1. The van der Waals surface area contributed by atoms with E-state index >= 15 is 0 Å². The van der Waals surface area contributed by atoms with Crippen molar-refractivity contribution in [2.24, 2.45) is 7.05 Å². The number of carbonyl (C=O) groups excluding carboxylic acids is 1. The van der Waals surface area contributed by atoms with E-state index in [1.165, 1.54) is 0 Å². The number of aryl methyl sites for hydroxylation is 2. The Bertz CT molecular complexity index is 884. The van der Waals surface area contributed by atoms with Crippen molar-refractivity contribution in [2.45, 2.75) is 32.9 Å². The third kappa shape index (κ3) is 3.47. The summed E-state index contributed by atoms with van der Waals surface area (Å²) >= 11 is 0. The molecule has 132 valence electrons. The van der Waals surface area contributed by atoms with Gasteiger partial charge in [0.25, 0.3) is 0 Å². The highest BCUT2D eigenvalue weighted by Crippen LogP contribution is 2.16. The Hall–Kier alpha value is -2.90. The third-order valence-electron chi connectivity index (χ3n) is 4.12. The molecule has 0 aliphatic heterocycles. The minimum absolute atomic E-state index is 0.226. The van der Waals surface area contributed by atoms with Crippen LogP contribution in [-0.4, -0.2) is 37.7 Å². The zero-order valence-electron chi connectivity index (χ0n) is 14.9. The van der Waals surface area contributed by atoms with Crippen LogP contribution in [0.1, 0.15) is 37.4 Å². The quantitative estimate of drug-likeness (QED) is 0.769. The van der Waals surface area contributed by atoms with Gasteiger partial charge in [0.2, 0.25) is 5.89 Å². The number of hydrogen-bond donors (Lipinski definition) is 1. The lowest BCUT2D eigenvalue weighted by Crippen LogP contribution is -2.38. The molecular weight excluding hydrogens is 320 g/mol. The fraction of sp³-hybridized carbons (Fsp3) is 0.412. The maximum absolute atomic E-state index is 12.4. The zero-order valence-corrected chi connectivity index (χ0v) is 14.9. The summed E-state index contributed by atoms with van der Waals surface area (Å²) in [4.78, 5) is 22.8. The van der Waals surface area contributed by atoms with Gasteiger partial charge in [-0.05, 0) is 19.1 Å². The number of nitrogens with one attached hydrogen (secondary N) is 1. The van der Waals surface area contributed by atoms with E-state index in [9.17, 15) is 4.79 Å².